The molecule has 4 aromatic rings. The Morgan fingerprint density at radius 3 is 2.77 bits per heavy atom. The lowest BCUT2D eigenvalue weighted by atomic mass is 10.0. The minimum Gasteiger partial charge on any atom is -0.389 e. The number of aliphatic hydroxyl groups excluding tert-OH is 1. The summed E-state index contributed by atoms with van der Waals surface area (Å²) in [6.07, 6.45) is 4.59. The van der Waals surface area contributed by atoms with Crippen LogP contribution >= 0.6 is 0 Å². The van der Waals surface area contributed by atoms with Gasteiger partial charge in [0.1, 0.15) is 11.8 Å². The predicted octanol–water partition coefficient (Wildman–Crippen LogP) is 3.25. The lowest BCUT2D eigenvalue weighted by Gasteiger charge is -2.24. The minimum atomic E-state index is -0.551. The van der Waals surface area contributed by atoms with E-state index < -0.39 is 6.10 Å². The third kappa shape index (κ3) is 3.14. The smallest absolute Gasteiger partial charge is 0.152 e. The summed E-state index contributed by atoms with van der Waals surface area (Å²) in [7, 11) is 0. The van der Waals surface area contributed by atoms with E-state index in [1.54, 1.807) is 6.92 Å². The Hall–Kier alpha value is -3.23. The maximum absolute atomic E-state index is 10.0. The fraction of sp³-hybridized carbons (Fsp3) is 0.318. The summed E-state index contributed by atoms with van der Waals surface area (Å²) >= 11 is 0. The number of aliphatic hydroxyl groups is 1. The molecule has 1 aromatic carbocycles. The van der Waals surface area contributed by atoms with Gasteiger partial charge in [0.05, 0.1) is 23.5 Å². The second-order valence-corrected chi connectivity index (χ2v) is 7.65. The standard InChI is InChI=1S/C22H24N6O2/c1-14(29)15-3-2-4-16(11-15)20-12-18(21-22(23)24-13-26-28(20)21)19-5-8-25-27(19)17-6-9-30-10-7-17/h2-5,8,11-14,17,29H,6-7,9-10H2,1H3,(H2,23,24,26). The molecule has 0 radical (unpaired) electrons. The van der Waals surface area contributed by atoms with Crippen molar-refractivity contribution in [2.24, 2.45) is 0 Å². The summed E-state index contributed by atoms with van der Waals surface area (Å²) in [6, 6.07) is 12.2. The van der Waals surface area contributed by atoms with E-state index >= 15 is 0 Å². The van der Waals surface area contributed by atoms with Gasteiger partial charge in [-0.15, -0.1) is 0 Å². The summed E-state index contributed by atoms with van der Waals surface area (Å²) in [6.45, 7) is 3.24. The van der Waals surface area contributed by atoms with Crippen LogP contribution in [0.3, 0.4) is 0 Å². The molecule has 0 amide bonds. The molecular formula is C22H24N6O2. The first-order valence-corrected chi connectivity index (χ1v) is 10.2. The molecule has 0 bridgehead atoms. The molecule has 0 aliphatic carbocycles. The van der Waals surface area contributed by atoms with Gasteiger partial charge in [0.2, 0.25) is 0 Å². The van der Waals surface area contributed by atoms with Crippen LogP contribution < -0.4 is 5.73 Å². The number of aromatic nitrogens is 5. The molecule has 0 saturated carbocycles. The van der Waals surface area contributed by atoms with Crippen LogP contribution in [-0.4, -0.2) is 42.7 Å². The summed E-state index contributed by atoms with van der Waals surface area (Å²) in [5, 5.41) is 19.1. The molecule has 8 nitrogen and oxygen atoms in total. The first-order valence-electron chi connectivity index (χ1n) is 10.2. The van der Waals surface area contributed by atoms with Gasteiger partial charge in [0, 0.05) is 30.5 Å². The molecule has 1 atom stereocenters. The number of hydrogen-bond donors (Lipinski definition) is 2. The molecule has 8 heteroatoms. The lowest BCUT2D eigenvalue weighted by molar-refractivity contribution is 0.0667. The Morgan fingerprint density at radius 2 is 1.97 bits per heavy atom. The summed E-state index contributed by atoms with van der Waals surface area (Å²) < 4.78 is 9.41. The Bertz CT molecular complexity index is 1190. The third-order valence-corrected chi connectivity index (χ3v) is 5.73. The highest BCUT2D eigenvalue weighted by molar-refractivity contribution is 5.90. The number of rotatable bonds is 4. The molecule has 1 fully saturated rings. The zero-order valence-electron chi connectivity index (χ0n) is 16.8. The van der Waals surface area contributed by atoms with Gasteiger partial charge in [-0.05, 0) is 43.5 Å². The van der Waals surface area contributed by atoms with E-state index in [0.29, 0.717) is 5.82 Å². The van der Waals surface area contributed by atoms with Gasteiger partial charge < -0.3 is 15.6 Å². The fourth-order valence-electron chi connectivity index (χ4n) is 4.17. The van der Waals surface area contributed by atoms with Crippen LogP contribution in [0.5, 0.6) is 0 Å². The monoisotopic (exact) mass is 404 g/mol. The second kappa shape index (κ2) is 7.55. The highest BCUT2D eigenvalue weighted by Crippen LogP contribution is 2.37. The van der Waals surface area contributed by atoms with Crippen molar-refractivity contribution in [3.8, 4) is 22.5 Å². The molecule has 1 saturated heterocycles. The fourth-order valence-corrected chi connectivity index (χ4v) is 4.17. The zero-order chi connectivity index (χ0) is 20.7. The normalized spacial score (nSPS) is 16.2. The maximum atomic E-state index is 10.0. The van der Waals surface area contributed by atoms with Crippen LogP contribution in [-0.2, 0) is 4.74 Å². The number of nitrogens with zero attached hydrogens (tertiary/aromatic N) is 5. The molecule has 154 valence electrons. The Morgan fingerprint density at radius 1 is 1.13 bits per heavy atom. The molecule has 1 aliphatic rings. The van der Waals surface area contributed by atoms with Crippen molar-refractivity contribution in [3.05, 3.63) is 54.5 Å². The number of hydrogen-bond acceptors (Lipinski definition) is 6. The average Bonchev–Trinajstić information content (AvgIpc) is 3.40. The average molecular weight is 404 g/mol. The van der Waals surface area contributed by atoms with E-state index in [1.807, 2.05) is 41.0 Å². The Labute approximate surface area is 173 Å². The highest BCUT2D eigenvalue weighted by Gasteiger charge is 2.23. The predicted molar refractivity (Wildman–Crippen MR) is 114 cm³/mol. The van der Waals surface area contributed by atoms with Crippen molar-refractivity contribution >= 4 is 11.3 Å². The number of fused-ring (bicyclic) bond motifs is 1. The van der Waals surface area contributed by atoms with Gasteiger partial charge in [0.25, 0.3) is 0 Å². The first-order chi connectivity index (χ1) is 14.6. The van der Waals surface area contributed by atoms with E-state index in [1.165, 1.54) is 6.33 Å². The van der Waals surface area contributed by atoms with Crippen molar-refractivity contribution < 1.29 is 9.84 Å². The third-order valence-electron chi connectivity index (χ3n) is 5.73. The molecule has 5 rings (SSSR count). The van der Waals surface area contributed by atoms with Gasteiger partial charge in [-0.25, -0.2) is 9.50 Å². The summed E-state index contributed by atoms with van der Waals surface area (Å²) in [5.41, 5.74) is 11.7. The molecule has 0 spiro atoms. The molecule has 30 heavy (non-hydrogen) atoms. The van der Waals surface area contributed by atoms with E-state index in [9.17, 15) is 5.11 Å². The maximum Gasteiger partial charge on any atom is 0.152 e. The van der Waals surface area contributed by atoms with E-state index in [2.05, 4.69) is 25.9 Å². The van der Waals surface area contributed by atoms with E-state index in [-0.39, 0.29) is 6.04 Å². The molecule has 1 unspecified atom stereocenters. The summed E-state index contributed by atoms with van der Waals surface area (Å²) in [4.78, 5) is 4.23. The van der Waals surface area contributed by atoms with E-state index in [0.717, 1.165) is 59.7 Å². The van der Waals surface area contributed by atoms with Crippen LogP contribution in [0.15, 0.2) is 48.9 Å². The highest BCUT2D eigenvalue weighted by atomic mass is 16.5. The van der Waals surface area contributed by atoms with Gasteiger partial charge >= 0.3 is 0 Å². The SMILES string of the molecule is CC(O)c1cccc(-c2cc(-c3ccnn3C3CCOCC3)c3c(N)ncnn23)c1. The topological polar surface area (TPSA) is 103 Å². The number of anilines is 1. The van der Waals surface area contributed by atoms with Gasteiger partial charge in [-0.2, -0.15) is 10.2 Å². The lowest BCUT2D eigenvalue weighted by Crippen LogP contribution is -2.21. The Balaban J connectivity index is 1.70. The van der Waals surface area contributed by atoms with Crippen molar-refractivity contribution in [2.75, 3.05) is 18.9 Å². The molecule has 3 aromatic heterocycles. The molecule has 3 N–H and O–H groups in total. The van der Waals surface area contributed by atoms with Crippen molar-refractivity contribution in [3.63, 3.8) is 0 Å². The van der Waals surface area contributed by atoms with Gasteiger partial charge in [-0.3, -0.25) is 4.68 Å². The van der Waals surface area contributed by atoms with Crippen LogP contribution in [0.4, 0.5) is 5.82 Å². The van der Waals surface area contributed by atoms with Gasteiger partial charge in [-0.1, -0.05) is 18.2 Å². The van der Waals surface area contributed by atoms with Crippen LogP contribution in [0.1, 0.15) is 37.5 Å². The second-order valence-electron chi connectivity index (χ2n) is 7.65. The minimum absolute atomic E-state index is 0.284. The zero-order valence-corrected chi connectivity index (χ0v) is 16.8. The number of nitrogens with two attached hydrogens (primary N) is 1. The molecular weight excluding hydrogens is 380 g/mol. The van der Waals surface area contributed by atoms with E-state index in [4.69, 9.17) is 10.5 Å². The van der Waals surface area contributed by atoms with Crippen molar-refractivity contribution in [1.82, 2.24) is 24.4 Å². The number of ether oxygens (including phenoxy) is 1. The van der Waals surface area contributed by atoms with Crippen molar-refractivity contribution in [2.45, 2.75) is 31.9 Å². The largest absolute Gasteiger partial charge is 0.389 e. The van der Waals surface area contributed by atoms with Gasteiger partial charge in [0.15, 0.2) is 5.82 Å². The molecule has 1 aliphatic heterocycles. The molecule has 4 heterocycles. The quantitative estimate of drug-likeness (QED) is 0.541. The van der Waals surface area contributed by atoms with Crippen LogP contribution in [0, 0.1) is 0 Å². The number of benzene rings is 1. The van der Waals surface area contributed by atoms with Crippen LogP contribution in [0.25, 0.3) is 28.0 Å². The Kier molecular flexibility index (Phi) is 4.72. The van der Waals surface area contributed by atoms with Crippen molar-refractivity contribution in [1.29, 1.82) is 0 Å². The first kappa shape index (κ1) is 18.8. The van der Waals surface area contributed by atoms with Crippen LogP contribution in [0.2, 0.25) is 0 Å². The number of nitrogen functional groups attached to an aromatic ring is 1. The summed E-state index contributed by atoms with van der Waals surface area (Å²) in [5.74, 6) is 0.414.